The van der Waals surface area contributed by atoms with Gasteiger partial charge in [-0.1, -0.05) is 47.1 Å². The summed E-state index contributed by atoms with van der Waals surface area (Å²) < 4.78 is 1.14. The van der Waals surface area contributed by atoms with Crippen LogP contribution in [0.3, 0.4) is 0 Å². The maximum atomic E-state index is 5.50. The maximum Gasteiger partial charge on any atom is 0.0250 e. The van der Waals surface area contributed by atoms with E-state index in [4.69, 9.17) is 5.73 Å². The van der Waals surface area contributed by atoms with Crippen molar-refractivity contribution in [3.05, 3.63) is 40.4 Å². The van der Waals surface area contributed by atoms with E-state index in [0.29, 0.717) is 6.54 Å². The van der Waals surface area contributed by atoms with Gasteiger partial charge in [0, 0.05) is 11.0 Å². The third-order valence-corrected chi connectivity index (χ3v) is 2.66. The highest BCUT2D eigenvalue weighted by atomic mass is 79.9. The van der Waals surface area contributed by atoms with E-state index in [-0.39, 0.29) is 0 Å². The van der Waals surface area contributed by atoms with E-state index < -0.39 is 0 Å². The zero-order valence-corrected chi connectivity index (χ0v) is 9.34. The lowest BCUT2D eigenvalue weighted by Crippen LogP contribution is -1.95. The molecule has 70 valence electrons. The van der Waals surface area contributed by atoms with E-state index in [1.165, 1.54) is 11.1 Å². The van der Waals surface area contributed by atoms with Gasteiger partial charge in [0.2, 0.25) is 0 Å². The largest absolute Gasteiger partial charge is 0.327 e. The van der Waals surface area contributed by atoms with Gasteiger partial charge in [-0.3, -0.25) is 0 Å². The minimum Gasteiger partial charge on any atom is -0.327 e. The Morgan fingerprint density at radius 2 is 2.15 bits per heavy atom. The van der Waals surface area contributed by atoms with Crippen molar-refractivity contribution in [3.63, 3.8) is 0 Å². The van der Waals surface area contributed by atoms with Crippen LogP contribution in [0.2, 0.25) is 0 Å². The fraction of sp³-hybridized carbons (Fsp3) is 0.273. The summed E-state index contributed by atoms with van der Waals surface area (Å²) in [5.41, 5.74) is 8.05. The Kier molecular flexibility index (Phi) is 4.19. The van der Waals surface area contributed by atoms with Gasteiger partial charge < -0.3 is 5.73 Å². The lowest BCUT2D eigenvalue weighted by molar-refractivity contribution is 1.19. The van der Waals surface area contributed by atoms with Crippen LogP contribution < -0.4 is 5.73 Å². The van der Waals surface area contributed by atoms with Crippen LogP contribution in [0.15, 0.2) is 34.8 Å². The van der Waals surface area contributed by atoms with E-state index in [1.807, 2.05) is 12.1 Å². The number of hydrogen-bond donors (Lipinski definition) is 1. The molecular weight excluding hydrogens is 226 g/mol. The fourth-order valence-corrected chi connectivity index (χ4v) is 1.85. The number of allylic oxidation sites excluding steroid dienone is 1. The molecule has 1 rings (SSSR count). The van der Waals surface area contributed by atoms with Crippen molar-refractivity contribution in [1.82, 2.24) is 0 Å². The predicted molar refractivity (Wildman–Crippen MR) is 61.5 cm³/mol. The van der Waals surface area contributed by atoms with Crippen molar-refractivity contribution in [2.75, 3.05) is 6.54 Å². The van der Waals surface area contributed by atoms with Crippen LogP contribution in [-0.4, -0.2) is 6.54 Å². The van der Waals surface area contributed by atoms with Gasteiger partial charge in [-0.05, 0) is 23.6 Å². The van der Waals surface area contributed by atoms with E-state index in [0.717, 1.165) is 10.9 Å². The summed E-state index contributed by atoms with van der Waals surface area (Å²) >= 11 is 3.53. The summed E-state index contributed by atoms with van der Waals surface area (Å²) in [6, 6.07) is 8.22. The number of hydrogen-bond acceptors (Lipinski definition) is 1. The molecule has 0 aliphatic carbocycles. The molecule has 0 aromatic heterocycles. The zero-order valence-electron chi connectivity index (χ0n) is 7.76. The molecule has 0 fully saturated rings. The minimum atomic E-state index is 0.602. The normalized spacial score (nSPS) is 11.8. The Bertz CT molecular complexity index is 305. The van der Waals surface area contributed by atoms with Crippen molar-refractivity contribution < 1.29 is 0 Å². The predicted octanol–water partition coefficient (Wildman–Crippen LogP) is 3.20. The minimum absolute atomic E-state index is 0.602. The molecule has 0 radical (unpaired) electrons. The first-order chi connectivity index (χ1) is 6.29. The Hall–Kier alpha value is -0.600. The summed E-state index contributed by atoms with van der Waals surface area (Å²) in [6.45, 7) is 2.74. The van der Waals surface area contributed by atoms with E-state index in [1.54, 1.807) is 0 Å². The second kappa shape index (κ2) is 5.20. The highest BCUT2D eigenvalue weighted by Crippen LogP contribution is 2.25. The highest BCUT2D eigenvalue weighted by Gasteiger charge is 2.01. The molecule has 0 atom stereocenters. The van der Waals surface area contributed by atoms with Gasteiger partial charge in [-0.2, -0.15) is 0 Å². The molecule has 0 amide bonds. The molecule has 0 aliphatic rings. The zero-order chi connectivity index (χ0) is 9.68. The molecule has 0 aliphatic heterocycles. The van der Waals surface area contributed by atoms with E-state index in [9.17, 15) is 0 Å². The molecule has 1 aromatic rings. The van der Waals surface area contributed by atoms with Crippen LogP contribution in [-0.2, 0) is 0 Å². The molecule has 0 bridgehead atoms. The molecule has 0 unspecified atom stereocenters. The smallest absolute Gasteiger partial charge is 0.0250 e. The summed E-state index contributed by atoms with van der Waals surface area (Å²) in [7, 11) is 0. The molecular formula is C11H14BrN. The second-order valence-corrected chi connectivity index (χ2v) is 3.65. The quantitative estimate of drug-likeness (QED) is 0.862. The van der Waals surface area contributed by atoms with E-state index in [2.05, 4.69) is 41.1 Å². The summed E-state index contributed by atoms with van der Waals surface area (Å²) in [4.78, 5) is 0. The standard InChI is InChI=1S/C11H14BrN/c1-2-9(7-8-13)10-5-3-4-6-11(10)12/h3-7H,2,8,13H2,1H3/b9-7-. The third-order valence-electron chi connectivity index (χ3n) is 1.96. The molecule has 1 nitrogen and oxygen atoms in total. The lowest BCUT2D eigenvalue weighted by atomic mass is 10.0. The maximum absolute atomic E-state index is 5.50. The number of rotatable bonds is 3. The monoisotopic (exact) mass is 239 g/mol. The van der Waals surface area contributed by atoms with Crippen molar-refractivity contribution in [2.24, 2.45) is 5.73 Å². The van der Waals surface area contributed by atoms with Gasteiger partial charge in [0.05, 0.1) is 0 Å². The number of benzene rings is 1. The average Bonchev–Trinajstić information content (AvgIpc) is 2.16. The SMILES string of the molecule is CC/C(=C/CN)c1ccccc1Br. The third kappa shape index (κ3) is 2.68. The highest BCUT2D eigenvalue weighted by molar-refractivity contribution is 9.10. The van der Waals surface area contributed by atoms with Crippen LogP contribution in [0.1, 0.15) is 18.9 Å². The van der Waals surface area contributed by atoms with Crippen LogP contribution in [0.5, 0.6) is 0 Å². The van der Waals surface area contributed by atoms with Gasteiger partial charge in [0.25, 0.3) is 0 Å². The molecule has 0 heterocycles. The van der Waals surface area contributed by atoms with Crippen LogP contribution in [0.25, 0.3) is 5.57 Å². The number of nitrogens with two attached hydrogens (primary N) is 1. The first kappa shape index (κ1) is 10.5. The first-order valence-electron chi connectivity index (χ1n) is 4.43. The molecule has 2 N–H and O–H groups in total. The van der Waals surface area contributed by atoms with Gasteiger partial charge >= 0.3 is 0 Å². The Balaban J connectivity index is 3.05. The fourth-order valence-electron chi connectivity index (χ4n) is 1.31. The van der Waals surface area contributed by atoms with E-state index >= 15 is 0 Å². The van der Waals surface area contributed by atoms with Crippen molar-refractivity contribution in [2.45, 2.75) is 13.3 Å². The summed E-state index contributed by atoms with van der Waals surface area (Å²) in [6.07, 6.45) is 3.08. The molecule has 2 heteroatoms. The van der Waals surface area contributed by atoms with Gasteiger partial charge in [0.15, 0.2) is 0 Å². The molecule has 13 heavy (non-hydrogen) atoms. The van der Waals surface area contributed by atoms with Crippen LogP contribution >= 0.6 is 15.9 Å². The summed E-state index contributed by atoms with van der Waals surface area (Å²) in [5.74, 6) is 0. The van der Waals surface area contributed by atoms with Crippen LogP contribution in [0, 0.1) is 0 Å². The Morgan fingerprint density at radius 3 is 2.69 bits per heavy atom. The molecule has 1 aromatic carbocycles. The number of halogens is 1. The van der Waals surface area contributed by atoms with Crippen LogP contribution in [0.4, 0.5) is 0 Å². The average molecular weight is 240 g/mol. The van der Waals surface area contributed by atoms with Crippen molar-refractivity contribution in [1.29, 1.82) is 0 Å². The lowest BCUT2D eigenvalue weighted by Gasteiger charge is -2.06. The molecule has 0 spiro atoms. The van der Waals surface area contributed by atoms with Crippen molar-refractivity contribution >= 4 is 21.5 Å². The Labute approximate surface area is 87.8 Å². The first-order valence-corrected chi connectivity index (χ1v) is 5.23. The topological polar surface area (TPSA) is 26.0 Å². The van der Waals surface area contributed by atoms with Gasteiger partial charge in [0.1, 0.15) is 0 Å². The summed E-state index contributed by atoms with van der Waals surface area (Å²) in [5, 5.41) is 0. The Morgan fingerprint density at radius 1 is 1.46 bits per heavy atom. The van der Waals surface area contributed by atoms with Gasteiger partial charge in [-0.15, -0.1) is 0 Å². The van der Waals surface area contributed by atoms with Crippen molar-refractivity contribution in [3.8, 4) is 0 Å². The second-order valence-electron chi connectivity index (χ2n) is 2.80. The molecule has 0 saturated carbocycles. The van der Waals surface area contributed by atoms with Gasteiger partial charge in [-0.25, -0.2) is 0 Å². The molecule has 0 saturated heterocycles.